The maximum absolute atomic E-state index is 14.3. The molecule has 3 aromatic rings. The van der Waals surface area contributed by atoms with Crippen molar-refractivity contribution in [1.82, 2.24) is 25.0 Å². The normalized spacial score (nSPS) is 11.4. The van der Waals surface area contributed by atoms with Crippen LogP contribution in [-0.2, 0) is 14.3 Å². The lowest BCUT2D eigenvalue weighted by Gasteiger charge is -2.28. The number of amides is 3. The average molecular weight is 658 g/mol. The molecule has 2 N–H and O–H groups in total. The van der Waals surface area contributed by atoms with Crippen LogP contribution in [-0.4, -0.2) is 81.0 Å². The summed E-state index contributed by atoms with van der Waals surface area (Å²) in [5.74, 6) is -0.572. The van der Waals surface area contributed by atoms with Gasteiger partial charge >= 0.3 is 12.2 Å². The van der Waals surface area contributed by atoms with Crippen molar-refractivity contribution in [3.05, 3.63) is 59.6 Å². The van der Waals surface area contributed by atoms with Crippen molar-refractivity contribution in [3.8, 4) is 11.3 Å². The number of carbonyl (C=O) groups is 3. The number of carbonyl (C=O) groups excluding carboxylic acids is 3. The Morgan fingerprint density at radius 2 is 1.61 bits per heavy atom. The maximum atomic E-state index is 14.3. The minimum atomic E-state index is -0.727. The number of halogens is 2. The van der Waals surface area contributed by atoms with E-state index in [0.717, 1.165) is 0 Å². The number of hydrogen-bond donors (Lipinski definition) is 2. The van der Waals surface area contributed by atoms with Crippen molar-refractivity contribution < 1.29 is 28.2 Å². The lowest BCUT2D eigenvalue weighted by atomic mass is 10.1. The summed E-state index contributed by atoms with van der Waals surface area (Å²) in [5.41, 5.74) is 0.262. The monoisotopic (exact) mass is 657 g/mol. The Bertz CT molecular complexity index is 1530. The molecule has 0 fully saturated rings. The fourth-order valence-corrected chi connectivity index (χ4v) is 4.17. The topological polar surface area (TPSA) is 139 Å². The van der Waals surface area contributed by atoms with Crippen molar-refractivity contribution in [3.63, 3.8) is 0 Å². The fraction of sp³-hybridized carbons (Fsp3) is 0.438. The second-order valence-electron chi connectivity index (χ2n) is 12.5. The number of hydrogen-bond acceptors (Lipinski definition) is 9. The second kappa shape index (κ2) is 15.7. The predicted molar refractivity (Wildman–Crippen MR) is 174 cm³/mol. The van der Waals surface area contributed by atoms with Crippen molar-refractivity contribution >= 4 is 46.9 Å². The molecule has 1 aromatic carbocycles. The number of rotatable bonds is 11. The van der Waals surface area contributed by atoms with Crippen LogP contribution >= 0.6 is 11.6 Å². The van der Waals surface area contributed by atoms with Gasteiger partial charge in [0.05, 0.1) is 17.6 Å². The van der Waals surface area contributed by atoms with E-state index in [9.17, 15) is 18.8 Å². The van der Waals surface area contributed by atoms with E-state index in [1.54, 1.807) is 66.8 Å². The molecule has 0 aliphatic heterocycles. The molecule has 0 aliphatic carbocycles. The van der Waals surface area contributed by atoms with Crippen LogP contribution in [0.15, 0.2) is 48.8 Å². The largest absolute Gasteiger partial charge is 0.444 e. The van der Waals surface area contributed by atoms with Crippen LogP contribution in [0.1, 0.15) is 54.4 Å². The first kappa shape index (κ1) is 36.0. The van der Waals surface area contributed by atoms with Crippen molar-refractivity contribution in [2.45, 2.75) is 65.6 Å². The standard InChI is InChI=1S/C32H41ClFN7O5/c1-31(2,3)45-29(43)40(7)14-8-15-41(30(44)46-32(4,5)6)16-12-28(42)38-27-19-22(11-13-35-27)37-23-18-26(39-36-20-23)24-17-21(33)9-10-25(24)34/h9-11,13,17-20H,8,12,14-16H2,1-7H3,(H2,35,37,38,39,42). The minimum absolute atomic E-state index is 0.0245. The van der Waals surface area contributed by atoms with Crippen LogP contribution < -0.4 is 10.6 Å². The second-order valence-corrected chi connectivity index (χ2v) is 13.0. The molecule has 2 aromatic heterocycles. The van der Waals surface area contributed by atoms with E-state index in [0.29, 0.717) is 35.1 Å². The molecule has 0 saturated heterocycles. The Labute approximate surface area is 273 Å². The van der Waals surface area contributed by atoms with E-state index in [1.807, 2.05) is 0 Å². The average Bonchev–Trinajstić information content (AvgIpc) is 2.94. The number of nitrogens with zero attached hydrogens (tertiary/aromatic N) is 5. The lowest BCUT2D eigenvalue weighted by molar-refractivity contribution is -0.116. The highest BCUT2D eigenvalue weighted by atomic mass is 35.5. The summed E-state index contributed by atoms with van der Waals surface area (Å²) in [6.07, 6.45) is 2.38. The zero-order valence-corrected chi connectivity index (χ0v) is 27.9. The molecule has 46 heavy (non-hydrogen) atoms. The molecule has 14 heteroatoms. The number of aromatic nitrogens is 3. The predicted octanol–water partition coefficient (Wildman–Crippen LogP) is 6.90. The molecular formula is C32H41ClFN7O5. The molecule has 12 nitrogen and oxygen atoms in total. The minimum Gasteiger partial charge on any atom is -0.444 e. The van der Waals surface area contributed by atoms with E-state index in [-0.39, 0.29) is 36.8 Å². The van der Waals surface area contributed by atoms with Crippen LogP contribution in [0.5, 0.6) is 0 Å². The third-order valence-electron chi connectivity index (χ3n) is 6.06. The van der Waals surface area contributed by atoms with Gasteiger partial charge in [-0.25, -0.2) is 19.0 Å². The third kappa shape index (κ3) is 12.1. The zero-order chi connectivity index (χ0) is 34.1. The number of pyridine rings is 1. The first-order chi connectivity index (χ1) is 21.5. The quantitative estimate of drug-likeness (QED) is 0.225. The molecule has 0 radical (unpaired) electrons. The van der Waals surface area contributed by atoms with Crippen LogP contribution in [0.4, 0.5) is 31.2 Å². The molecular weight excluding hydrogens is 617 g/mol. The van der Waals surface area contributed by atoms with Gasteiger partial charge in [0, 0.05) is 61.6 Å². The van der Waals surface area contributed by atoms with E-state index in [4.69, 9.17) is 21.1 Å². The number of anilines is 3. The number of nitrogens with one attached hydrogen (secondary N) is 2. The highest BCUT2D eigenvalue weighted by Gasteiger charge is 2.24. The van der Waals surface area contributed by atoms with Crippen LogP contribution in [0.25, 0.3) is 11.3 Å². The Morgan fingerprint density at radius 1 is 0.913 bits per heavy atom. The van der Waals surface area contributed by atoms with Crippen molar-refractivity contribution in [1.29, 1.82) is 0 Å². The molecule has 3 rings (SSSR count). The third-order valence-corrected chi connectivity index (χ3v) is 6.30. The zero-order valence-electron chi connectivity index (χ0n) is 27.2. The molecule has 0 bridgehead atoms. The first-order valence-electron chi connectivity index (χ1n) is 14.7. The van der Waals surface area contributed by atoms with Gasteiger partial charge in [-0.1, -0.05) is 11.6 Å². The van der Waals surface area contributed by atoms with Crippen LogP contribution in [0.2, 0.25) is 5.02 Å². The molecule has 3 amide bonds. The SMILES string of the molecule is CN(CCCN(CCC(=O)Nc1cc(Nc2cnnc(-c3cc(Cl)ccc3F)c2)ccn1)C(=O)OC(C)(C)C)C(=O)OC(C)(C)C. The van der Waals surface area contributed by atoms with Gasteiger partial charge in [-0.2, -0.15) is 10.2 Å². The van der Waals surface area contributed by atoms with Crippen molar-refractivity contribution in [2.75, 3.05) is 37.3 Å². The molecule has 0 atom stereocenters. The van der Waals surface area contributed by atoms with Gasteiger partial charge in [-0.05, 0) is 78.3 Å². The van der Waals surface area contributed by atoms with Gasteiger partial charge in [0.25, 0.3) is 0 Å². The van der Waals surface area contributed by atoms with E-state index >= 15 is 0 Å². The summed E-state index contributed by atoms with van der Waals surface area (Å²) < 4.78 is 25.3. The van der Waals surface area contributed by atoms with Gasteiger partial charge in [0.1, 0.15) is 22.8 Å². The van der Waals surface area contributed by atoms with Gasteiger partial charge in [0.15, 0.2) is 0 Å². The molecule has 2 heterocycles. The Hall–Kier alpha value is -4.52. The Morgan fingerprint density at radius 3 is 2.30 bits per heavy atom. The van der Waals surface area contributed by atoms with Gasteiger partial charge < -0.3 is 29.9 Å². The Balaban J connectivity index is 1.60. The smallest absolute Gasteiger partial charge is 0.410 e. The van der Waals surface area contributed by atoms with Crippen molar-refractivity contribution in [2.24, 2.45) is 0 Å². The fourth-order valence-electron chi connectivity index (χ4n) is 4.00. The molecule has 0 aliphatic rings. The van der Waals surface area contributed by atoms with Gasteiger partial charge in [-0.15, -0.1) is 0 Å². The van der Waals surface area contributed by atoms with Crippen LogP contribution in [0, 0.1) is 5.82 Å². The van der Waals surface area contributed by atoms with E-state index < -0.39 is 29.2 Å². The summed E-state index contributed by atoms with van der Waals surface area (Å²) in [5, 5.41) is 14.2. The lowest BCUT2D eigenvalue weighted by Crippen LogP contribution is -2.40. The highest BCUT2D eigenvalue weighted by molar-refractivity contribution is 6.30. The Kier molecular flexibility index (Phi) is 12.2. The van der Waals surface area contributed by atoms with Gasteiger partial charge in [-0.3, -0.25) is 4.79 Å². The highest BCUT2D eigenvalue weighted by Crippen LogP contribution is 2.27. The molecule has 0 saturated carbocycles. The molecule has 0 spiro atoms. The first-order valence-corrected chi connectivity index (χ1v) is 15.1. The molecule has 0 unspecified atom stereocenters. The van der Waals surface area contributed by atoms with E-state index in [1.165, 1.54) is 40.4 Å². The number of ether oxygens (including phenoxy) is 2. The summed E-state index contributed by atoms with van der Waals surface area (Å²) in [7, 11) is 1.62. The van der Waals surface area contributed by atoms with Crippen LogP contribution in [0.3, 0.4) is 0 Å². The maximum Gasteiger partial charge on any atom is 0.410 e. The number of benzene rings is 1. The summed E-state index contributed by atoms with van der Waals surface area (Å²) >= 11 is 6.02. The summed E-state index contributed by atoms with van der Waals surface area (Å²) in [4.78, 5) is 45.1. The summed E-state index contributed by atoms with van der Waals surface area (Å²) in [6.45, 7) is 11.3. The van der Waals surface area contributed by atoms with Gasteiger partial charge in [0.2, 0.25) is 5.91 Å². The molecule has 248 valence electrons. The van der Waals surface area contributed by atoms with E-state index in [2.05, 4.69) is 25.8 Å². The summed E-state index contributed by atoms with van der Waals surface area (Å²) in [6, 6.07) is 9.11.